The number of hydrogen-bond donors (Lipinski definition) is 1. The molecule has 6 heteroatoms. The zero-order valence-electron chi connectivity index (χ0n) is 18.2. The summed E-state index contributed by atoms with van der Waals surface area (Å²) in [4.78, 5) is 24.7. The number of carbonyl (C=O) groups excluding carboxylic acids is 2. The van der Waals surface area contributed by atoms with E-state index < -0.39 is 12.1 Å². The van der Waals surface area contributed by atoms with E-state index in [0.717, 1.165) is 29.7 Å². The third-order valence-electron chi connectivity index (χ3n) is 4.67. The first-order chi connectivity index (χ1) is 14.5. The molecule has 0 unspecified atom stereocenters. The van der Waals surface area contributed by atoms with E-state index in [4.69, 9.17) is 14.2 Å². The maximum atomic E-state index is 12.7. The number of esters is 1. The van der Waals surface area contributed by atoms with Crippen LogP contribution in [-0.2, 0) is 27.1 Å². The molecule has 2 aromatic carbocycles. The van der Waals surface area contributed by atoms with Crippen LogP contribution in [0.1, 0.15) is 49.2 Å². The molecule has 0 fully saturated rings. The Bertz CT molecular complexity index is 810. The number of carbonyl (C=O) groups is 2. The van der Waals surface area contributed by atoms with Crippen LogP contribution >= 0.6 is 0 Å². The molecule has 2 aromatic rings. The molecule has 0 bridgehead atoms. The maximum Gasteiger partial charge on any atom is 0.347 e. The highest BCUT2D eigenvalue weighted by molar-refractivity contribution is 6.05. The smallest absolute Gasteiger partial charge is 0.347 e. The van der Waals surface area contributed by atoms with Crippen molar-refractivity contribution in [3.05, 3.63) is 59.2 Å². The monoisotopic (exact) mass is 413 g/mol. The molecule has 1 atom stereocenters. The molecule has 0 spiro atoms. The van der Waals surface area contributed by atoms with E-state index in [-0.39, 0.29) is 12.5 Å². The van der Waals surface area contributed by atoms with Gasteiger partial charge in [-0.1, -0.05) is 32.0 Å². The minimum absolute atomic E-state index is 0.180. The molecule has 0 saturated carbocycles. The van der Waals surface area contributed by atoms with E-state index in [1.807, 2.05) is 25.1 Å². The second-order valence-corrected chi connectivity index (χ2v) is 6.76. The highest BCUT2D eigenvalue weighted by Gasteiger charge is 2.17. The van der Waals surface area contributed by atoms with E-state index in [0.29, 0.717) is 24.5 Å². The van der Waals surface area contributed by atoms with Gasteiger partial charge in [-0.15, -0.1) is 0 Å². The molecule has 30 heavy (non-hydrogen) atoms. The molecular formula is C24H31NO5. The van der Waals surface area contributed by atoms with E-state index in [1.54, 1.807) is 31.2 Å². The number of nitrogens with one attached hydrogen (secondary N) is 1. The van der Waals surface area contributed by atoms with Crippen LogP contribution in [0.3, 0.4) is 0 Å². The number of rotatable bonds is 11. The van der Waals surface area contributed by atoms with Gasteiger partial charge >= 0.3 is 5.97 Å². The Labute approximate surface area is 178 Å². The third kappa shape index (κ3) is 6.59. The Hall–Kier alpha value is -2.86. The Morgan fingerprint density at radius 1 is 0.933 bits per heavy atom. The largest absolute Gasteiger partial charge is 0.479 e. The first-order valence-electron chi connectivity index (χ1n) is 10.4. The normalized spacial score (nSPS) is 11.6. The quantitative estimate of drug-likeness (QED) is 0.436. The number of aryl methyl sites for hydroxylation is 2. The lowest BCUT2D eigenvalue weighted by Gasteiger charge is -2.15. The highest BCUT2D eigenvalue weighted by Crippen LogP contribution is 2.24. The molecule has 0 saturated heterocycles. The molecule has 6 nitrogen and oxygen atoms in total. The van der Waals surface area contributed by atoms with Gasteiger partial charge in [-0.25, -0.2) is 4.79 Å². The van der Waals surface area contributed by atoms with E-state index in [2.05, 4.69) is 19.2 Å². The van der Waals surface area contributed by atoms with Crippen molar-refractivity contribution in [1.82, 2.24) is 0 Å². The zero-order chi connectivity index (χ0) is 21.9. The molecule has 1 amide bonds. The molecule has 0 aliphatic rings. The van der Waals surface area contributed by atoms with Crippen molar-refractivity contribution in [3.63, 3.8) is 0 Å². The van der Waals surface area contributed by atoms with Gasteiger partial charge in [0.1, 0.15) is 12.4 Å². The van der Waals surface area contributed by atoms with Gasteiger partial charge in [-0.3, -0.25) is 4.79 Å². The molecule has 0 radical (unpaired) electrons. The fourth-order valence-electron chi connectivity index (χ4n) is 2.99. The lowest BCUT2D eigenvalue weighted by molar-refractivity contribution is -0.152. The van der Waals surface area contributed by atoms with Crippen molar-refractivity contribution in [2.45, 2.75) is 46.6 Å². The first kappa shape index (κ1) is 23.4. The van der Waals surface area contributed by atoms with Crippen LogP contribution < -0.4 is 10.1 Å². The van der Waals surface area contributed by atoms with Gasteiger partial charge in [-0.05, 0) is 62.1 Å². The highest BCUT2D eigenvalue weighted by atomic mass is 16.6. The summed E-state index contributed by atoms with van der Waals surface area (Å²) in [5.41, 5.74) is 3.62. The van der Waals surface area contributed by atoms with Crippen molar-refractivity contribution in [2.75, 3.05) is 25.1 Å². The van der Waals surface area contributed by atoms with Gasteiger partial charge in [0.2, 0.25) is 0 Å². The Balaban J connectivity index is 1.97. The van der Waals surface area contributed by atoms with E-state index in [9.17, 15) is 9.59 Å². The van der Waals surface area contributed by atoms with Crippen LogP contribution in [0.5, 0.6) is 5.75 Å². The lowest BCUT2D eigenvalue weighted by atomic mass is 10.0. The summed E-state index contributed by atoms with van der Waals surface area (Å²) in [6.45, 7) is 8.77. The van der Waals surface area contributed by atoms with Crippen molar-refractivity contribution in [2.24, 2.45) is 0 Å². The summed E-state index contributed by atoms with van der Waals surface area (Å²) in [5, 5.41) is 3.04. The molecule has 0 aliphatic heterocycles. The summed E-state index contributed by atoms with van der Waals surface area (Å²) < 4.78 is 15.8. The lowest BCUT2D eigenvalue weighted by Crippen LogP contribution is -2.27. The minimum Gasteiger partial charge on any atom is -0.479 e. The van der Waals surface area contributed by atoms with Gasteiger partial charge in [0.15, 0.2) is 6.10 Å². The van der Waals surface area contributed by atoms with Crippen molar-refractivity contribution in [1.29, 1.82) is 0 Å². The Morgan fingerprint density at radius 2 is 1.57 bits per heavy atom. The standard InChI is InChI=1S/C24H31NO5/c1-5-18-9-8-10-19(6-2)22(18)25-23(26)20-11-13-21(14-12-20)30-17(4)24(27)29-16-15-28-7-3/h8-14,17H,5-7,15-16H2,1-4H3,(H,25,26)/t17-/m1/s1. The van der Waals surface area contributed by atoms with Crippen LogP contribution in [0, 0.1) is 0 Å². The summed E-state index contributed by atoms with van der Waals surface area (Å²) >= 11 is 0. The second kappa shape index (κ2) is 12.0. The maximum absolute atomic E-state index is 12.7. The zero-order valence-corrected chi connectivity index (χ0v) is 18.2. The molecular weight excluding hydrogens is 382 g/mol. The number of amides is 1. The fraction of sp³-hybridized carbons (Fsp3) is 0.417. The third-order valence-corrected chi connectivity index (χ3v) is 4.67. The number of benzene rings is 2. The fourth-order valence-corrected chi connectivity index (χ4v) is 2.99. The van der Waals surface area contributed by atoms with Gasteiger partial charge in [0.05, 0.1) is 6.61 Å². The average Bonchev–Trinajstić information content (AvgIpc) is 2.77. The Morgan fingerprint density at radius 3 is 2.13 bits per heavy atom. The molecule has 162 valence electrons. The molecule has 1 N–H and O–H groups in total. The van der Waals surface area contributed by atoms with Crippen LogP contribution in [0.25, 0.3) is 0 Å². The predicted octanol–water partition coefficient (Wildman–Crippen LogP) is 4.41. The van der Waals surface area contributed by atoms with Gasteiger partial charge in [0, 0.05) is 17.9 Å². The molecule has 2 rings (SSSR count). The minimum atomic E-state index is -0.755. The molecule has 0 aromatic heterocycles. The summed E-state index contributed by atoms with van der Waals surface area (Å²) in [7, 11) is 0. The number of para-hydroxylation sites is 1. The van der Waals surface area contributed by atoms with Crippen molar-refractivity contribution >= 4 is 17.6 Å². The summed E-state index contributed by atoms with van der Waals surface area (Å²) in [5.74, 6) is -0.149. The molecule has 0 aliphatic carbocycles. The van der Waals surface area contributed by atoms with Crippen LogP contribution in [-0.4, -0.2) is 37.8 Å². The topological polar surface area (TPSA) is 73.9 Å². The SMILES string of the molecule is CCOCCOC(=O)[C@@H](C)Oc1ccc(C(=O)Nc2c(CC)cccc2CC)cc1. The van der Waals surface area contributed by atoms with Gasteiger partial charge in [-0.2, -0.15) is 0 Å². The van der Waals surface area contributed by atoms with E-state index >= 15 is 0 Å². The second-order valence-electron chi connectivity index (χ2n) is 6.76. The van der Waals surface area contributed by atoms with Crippen LogP contribution in [0.4, 0.5) is 5.69 Å². The predicted molar refractivity (Wildman–Crippen MR) is 117 cm³/mol. The van der Waals surface area contributed by atoms with E-state index in [1.165, 1.54) is 0 Å². The molecule has 0 heterocycles. The van der Waals surface area contributed by atoms with Crippen molar-refractivity contribution in [3.8, 4) is 5.75 Å². The summed E-state index contributed by atoms with van der Waals surface area (Å²) in [6.07, 6.45) is 0.929. The Kier molecular flexibility index (Phi) is 9.35. The van der Waals surface area contributed by atoms with Crippen molar-refractivity contribution < 1.29 is 23.8 Å². The average molecular weight is 414 g/mol. The van der Waals surface area contributed by atoms with Gasteiger partial charge < -0.3 is 19.5 Å². The number of hydrogen-bond acceptors (Lipinski definition) is 5. The first-order valence-corrected chi connectivity index (χ1v) is 10.4. The summed E-state index contributed by atoms with van der Waals surface area (Å²) in [6, 6.07) is 12.8. The van der Waals surface area contributed by atoms with Crippen LogP contribution in [0.15, 0.2) is 42.5 Å². The van der Waals surface area contributed by atoms with Crippen LogP contribution in [0.2, 0.25) is 0 Å². The van der Waals surface area contributed by atoms with Gasteiger partial charge in [0.25, 0.3) is 5.91 Å². The number of anilines is 1. The number of ether oxygens (including phenoxy) is 3.